The minimum Gasteiger partial charge on any atom is -0.478 e. The van der Waals surface area contributed by atoms with Crippen LogP contribution in [-0.2, 0) is 0 Å². The molecule has 0 atom stereocenters. The average Bonchev–Trinajstić information content (AvgIpc) is 2.19. The second-order valence-electron chi connectivity index (χ2n) is 3.11. The topological polar surface area (TPSA) is 40.5 Å². The third-order valence-corrected chi connectivity index (χ3v) is 2.62. The van der Waals surface area contributed by atoms with E-state index in [0.717, 1.165) is 13.1 Å². The van der Waals surface area contributed by atoms with E-state index in [0.29, 0.717) is 5.69 Å². The molecule has 0 saturated heterocycles. The van der Waals surface area contributed by atoms with Gasteiger partial charge in [-0.3, -0.25) is 0 Å². The van der Waals surface area contributed by atoms with E-state index in [4.69, 9.17) is 16.7 Å². The van der Waals surface area contributed by atoms with Gasteiger partial charge in [0.05, 0.1) is 10.7 Å². The molecule has 0 aliphatic carbocycles. The van der Waals surface area contributed by atoms with Crippen LogP contribution in [0.2, 0.25) is 5.02 Å². The summed E-state index contributed by atoms with van der Waals surface area (Å²) in [6.07, 6.45) is 0. The highest BCUT2D eigenvalue weighted by Crippen LogP contribution is 2.27. The molecule has 0 amide bonds. The molecule has 1 aromatic rings. The average molecular weight is 228 g/mol. The number of anilines is 1. The Hall–Kier alpha value is -1.22. The number of rotatable bonds is 4. The maximum atomic E-state index is 11.1. The smallest absolute Gasteiger partial charge is 0.339 e. The summed E-state index contributed by atoms with van der Waals surface area (Å²) in [5.41, 5.74) is 0.864. The quantitative estimate of drug-likeness (QED) is 0.860. The van der Waals surface area contributed by atoms with Crippen LogP contribution in [0.5, 0.6) is 0 Å². The van der Waals surface area contributed by atoms with E-state index in [1.807, 2.05) is 18.7 Å². The maximum absolute atomic E-state index is 11.1. The first kappa shape index (κ1) is 11.9. The van der Waals surface area contributed by atoms with Crippen molar-refractivity contribution in [3.63, 3.8) is 0 Å². The highest BCUT2D eigenvalue weighted by atomic mass is 35.5. The lowest BCUT2D eigenvalue weighted by Crippen LogP contribution is -2.24. The van der Waals surface area contributed by atoms with Gasteiger partial charge in [0.1, 0.15) is 5.56 Å². The Morgan fingerprint density at radius 1 is 1.40 bits per heavy atom. The minimum absolute atomic E-state index is 0.183. The van der Waals surface area contributed by atoms with Gasteiger partial charge in [-0.1, -0.05) is 17.7 Å². The van der Waals surface area contributed by atoms with Crippen LogP contribution in [0.25, 0.3) is 0 Å². The Kier molecular flexibility index (Phi) is 3.97. The zero-order valence-electron chi connectivity index (χ0n) is 8.83. The molecule has 82 valence electrons. The predicted molar refractivity (Wildman–Crippen MR) is 62.0 cm³/mol. The lowest BCUT2D eigenvalue weighted by atomic mass is 10.1. The van der Waals surface area contributed by atoms with Crippen LogP contribution in [0.4, 0.5) is 5.69 Å². The van der Waals surface area contributed by atoms with E-state index < -0.39 is 5.97 Å². The largest absolute Gasteiger partial charge is 0.478 e. The Balaban J connectivity index is 3.27. The van der Waals surface area contributed by atoms with Crippen molar-refractivity contribution in [2.45, 2.75) is 13.8 Å². The Bertz CT molecular complexity index is 362. The molecule has 0 bridgehead atoms. The molecule has 1 N–H and O–H groups in total. The Morgan fingerprint density at radius 3 is 2.47 bits per heavy atom. The van der Waals surface area contributed by atoms with Gasteiger partial charge >= 0.3 is 5.97 Å². The summed E-state index contributed by atoms with van der Waals surface area (Å²) in [5, 5.41) is 9.36. The molecule has 0 aliphatic heterocycles. The van der Waals surface area contributed by atoms with Crippen molar-refractivity contribution in [2.24, 2.45) is 0 Å². The van der Waals surface area contributed by atoms with Gasteiger partial charge in [0.15, 0.2) is 0 Å². The summed E-state index contributed by atoms with van der Waals surface area (Å²) in [4.78, 5) is 13.0. The summed E-state index contributed by atoms with van der Waals surface area (Å²) >= 11 is 5.87. The van der Waals surface area contributed by atoms with E-state index in [1.54, 1.807) is 18.2 Å². The fraction of sp³-hybridized carbons (Fsp3) is 0.364. The SMILES string of the molecule is CCN(CC)c1cccc(Cl)c1C(=O)O. The van der Waals surface area contributed by atoms with Gasteiger partial charge in [0.25, 0.3) is 0 Å². The van der Waals surface area contributed by atoms with Gasteiger partial charge < -0.3 is 10.0 Å². The van der Waals surface area contributed by atoms with Crippen LogP contribution < -0.4 is 4.90 Å². The number of carbonyl (C=O) groups is 1. The highest BCUT2D eigenvalue weighted by molar-refractivity contribution is 6.34. The van der Waals surface area contributed by atoms with Crippen molar-refractivity contribution >= 4 is 23.3 Å². The molecule has 0 aromatic heterocycles. The summed E-state index contributed by atoms with van der Waals surface area (Å²) in [6.45, 7) is 5.49. The van der Waals surface area contributed by atoms with Crippen LogP contribution in [0.1, 0.15) is 24.2 Å². The number of nitrogens with zero attached hydrogens (tertiary/aromatic N) is 1. The van der Waals surface area contributed by atoms with Gasteiger partial charge in [0, 0.05) is 13.1 Å². The number of carboxylic acid groups (broad SMARTS) is 1. The fourth-order valence-electron chi connectivity index (χ4n) is 1.55. The van der Waals surface area contributed by atoms with Crippen LogP contribution >= 0.6 is 11.6 Å². The monoisotopic (exact) mass is 227 g/mol. The van der Waals surface area contributed by atoms with E-state index in [2.05, 4.69) is 0 Å². The van der Waals surface area contributed by atoms with Crippen molar-refractivity contribution in [3.05, 3.63) is 28.8 Å². The zero-order chi connectivity index (χ0) is 11.4. The molecule has 0 spiro atoms. The van der Waals surface area contributed by atoms with Crippen LogP contribution in [-0.4, -0.2) is 24.2 Å². The summed E-state index contributed by atoms with van der Waals surface area (Å²) in [7, 11) is 0. The van der Waals surface area contributed by atoms with E-state index in [1.165, 1.54) is 0 Å². The molecule has 15 heavy (non-hydrogen) atoms. The van der Waals surface area contributed by atoms with Crippen molar-refractivity contribution in [1.82, 2.24) is 0 Å². The second-order valence-corrected chi connectivity index (χ2v) is 3.52. The number of benzene rings is 1. The molecule has 1 aromatic carbocycles. The number of carboxylic acids is 1. The fourth-order valence-corrected chi connectivity index (χ4v) is 1.80. The third kappa shape index (κ3) is 2.42. The molecule has 0 fully saturated rings. The predicted octanol–water partition coefficient (Wildman–Crippen LogP) is 2.88. The van der Waals surface area contributed by atoms with Crippen LogP contribution in [0.3, 0.4) is 0 Å². The van der Waals surface area contributed by atoms with Crippen molar-refractivity contribution in [2.75, 3.05) is 18.0 Å². The summed E-state index contributed by atoms with van der Waals surface area (Å²) in [5.74, 6) is -0.984. The molecule has 0 aliphatic rings. The van der Waals surface area contributed by atoms with Gasteiger partial charge in [-0.2, -0.15) is 0 Å². The molecule has 1 rings (SSSR count). The molecular formula is C11H14ClNO2. The van der Waals surface area contributed by atoms with Crippen LogP contribution in [0, 0.1) is 0 Å². The Labute approximate surface area is 94.3 Å². The lowest BCUT2D eigenvalue weighted by Gasteiger charge is -2.23. The van der Waals surface area contributed by atoms with E-state index in [9.17, 15) is 4.79 Å². The number of aromatic carboxylic acids is 1. The number of halogens is 1. The first-order chi connectivity index (χ1) is 7.11. The first-order valence-corrected chi connectivity index (χ1v) is 5.26. The number of hydrogen-bond acceptors (Lipinski definition) is 2. The van der Waals surface area contributed by atoms with Crippen LogP contribution in [0.15, 0.2) is 18.2 Å². The van der Waals surface area contributed by atoms with Gasteiger partial charge in [-0.05, 0) is 26.0 Å². The van der Waals surface area contributed by atoms with Crippen molar-refractivity contribution < 1.29 is 9.90 Å². The van der Waals surface area contributed by atoms with Gasteiger partial charge in [-0.15, -0.1) is 0 Å². The highest BCUT2D eigenvalue weighted by Gasteiger charge is 2.17. The molecule has 3 nitrogen and oxygen atoms in total. The Morgan fingerprint density at radius 2 is 2.00 bits per heavy atom. The second kappa shape index (κ2) is 5.03. The standard InChI is InChI=1S/C11H14ClNO2/c1-3-13(4-2)9-7-5-6-8(12)10(9)11(14)15/h5-7H,3-4H2,1-2H3,(H,14,15). The van der Waals surface area contributed by atoms with Gasteiger partial charge in [0.2, 0.25) is 0 Å². The normalized spacial score (nSPS) is 10.1. The summed E-state index contributed by atoms with van der Waals surface area (Å²) in [6, 6.07) is 5.14. The molecule has 0 radical (unpaired) electrons. The molecule has 0 unspecified atom stereocenters. The lowest BCUT2D eigenvalue weighted by molar-refractivity contribution is 0.0698. The number of hydrogen-bond donors (Lipinski definition) is 1. The molecule has 4 heteroatoms. The zero-order valence-corrected chi connectivity index (χ0v) is 9.58. The van der Waals surface area contributed by atoms with E-state index in [-0.39, 0.29) is 10.6 Å². The third-order valence-electron chi connectivity index (χ3n) is 2.31. The van der Waals surface area contributed by atoms with E-state index >= 15 is 0 Å². The molecular weight excluding hydrogens is 214 g/mol. The first-order valence-electron chi connectivity index (χ1n) is 4.88. The molecule has 0 heterocycles. The van der Waals surface area contributed by atoms with Crippen molar-refractivity contribution in [1.29, 1.82) is 0 Å². The molecule has 0 saturated carbocycles. The summed E-state index contributed by atoms with van der Waals surface area (Å²) < 4.78 is 0. The minimum atomic E-state index is -0.984. The van der Waals surface area contributed by atoms with Crippen molar-refractivity contribution in [3.8, 4) is 0 Å². The van der Waals surface area contributed by atoms with Gasteiger partial charge in [-0.25, -0.2) is 4.79 Å². The maximum Gasteiger partial charge on any atom is 0.339 e.